The summed E-state index contributed by atoms with van der Waals surface area (Å²) in [5, 5.41) is 0. The van der Waals surface area contributed by atoms with Crippen molar-refractivity contribution in [2.45, 2.75) is 168 Å². The summed E-state index contributed by atoms with van der Waals surface area (Å²) in [7, 11) is 0. The van der Waals surface area contributed by atoms with E-state index < -0.39 is 0 Å². The number of ketones is 1. The first kappa shape index (κ1) is 30.4. The maximum atomic E-state index is 12.4. The van der Waals surface area contributed by atoms with Crippen LogP contribution in [0.5, 0.6) is 0 Å². The van der Waals surface area contributed by atoms with Gasteiger partial charge >= 0.3 is 0 Å². The Bertz CT molecular complexity index is 384. The first-order valence-electron chi connectivity index (χ1n) is 14.4. The van der Waals surface area contributed by atoms with Gasteiger partial charge in [-0.2, -0.15) is 0 Å². The summed E-state index contributed by atoms with van der Waals surface area (Å²) in [4.78, 5) is 12.4. The topological polar surface area (TPSA) is 17.1 Å². The Morgan fingerprint density at radius 2 is 0.903 bits per heavy atom. The van der Waals surface area contributed by atoms with Gasteiger partial charge in [0.1, 0.15) is 5.78 Å². The Balaban J connectivity index is 3.60. The normalized spacial score (nSPS) is 12.6. The lowest BCUT2D eigenvalue weighted by molar-refractivity contribution is -0.123. The predicted octanol–water partition coefficient (Wildman–Crippen LogP) is 10.8. The van der Waals surface area contributed by atoms with Gasteiger partial charge in [-0.1, -0.05) is 129 Å². The molecule has 1 atom stereocenters. The molecule has 0 spiro atoms. The van der Waals surface area contributed by atoms with Crippen LogP contribution in [0, 0.1) is 5.92 Å². The first-order valence-corrected chi connectivity index (χ1v) is 14.4. The molecule has 0 saturated carbocycles. The van der Waals surface area contributed by atoms with Gasteiger partial charge < -0.3 is 0 Å². The number of rotatable bonds is 25. The summed E-state index contributed by atoms with van der Waals surface area (Å²) >= 11 is 0. The number of carbonyl (C=O) groups excluding carboxylic acids is 1. The lowest BCUT2D eigenvalue weighted by Crippen LogP contribution is -2.14. The van der Waals surface area contributed by atoms with Crippen molar-refractivity contribution in [3.05, 3.63) is 12.2 Å². The van der Waals surface area contributed by atoms with Gasteiger partial charge in [0.25, 0.3) is 0 Å². The molecule has 0 aliphatic rings. The fourth-order valence-electron chi connectivity index (χ4n) is 4.55. The van der Waals surface area contributed by atoms with Crippen LogP contribution in [-0.2, 0) is 4.79 Å². The van der Waals surface area contributed by atoms with E-state index in [9.17, 15) is 4.79 Å². The number of allylic oxidation sites excluding steroid dienone is 2. The third-order valence-corrected chi connectivity index (χ3v) is 6.67. The fourth-order valence-corrected chi connectivity index (χ4v) is 4.55. The molecule has 0 saturated heterocycles. The molecule has 0 heterocycles. The van der Waals surface area contributed by atoms with E-state index in [4.69, 9.17) is 0 Å². The molecule has 0 radical (unpaired) electrons. The van der Waals surface area contributed by atoms with Gasteiger partial charge in [-0.05, 0) is 44.9 Å². The van der Waals surface area contributed by atoms with Crippen molar-refractivity contribution in [1.29, 1.82) is 0 Å². The van der Waals surface area contributed by atoms with Gasteiger partial charge in [-0.25, -0.2) is 0 Å². The molecule has 0 amide bonds. The number of hydrogen-bond donors (Lipinski definition) is 0. The van der Waals surface area contributed by atoms with E-state index in [0.29, 0.717) is 11.7 Å². The van der Waals surface area contributed by atoms with Gasteiger partial charge in [0.15, 0.2) is 0 Å². The molecule has 0 fully saturated rings. The van der Waals surface area contributed by atoms with Crippen molar-refractivity contribution in [3.8, 4) is 0 Å². The molecule has 0 aromatic carbocycles. The molecule has 0 aromatic heterocycles. The van der Waals surface area contributed by atoms with E-state index in [2.05, 4.69) is 32.9 Å². The van der Waals surface area contributed by atoms with Crippen molar-refractivity contribution < 1.29 is 4.79 Å². The Morgan fingerprint density at radius 1 is 0.516 bits per heavy atom. The van der Waals surface area contributed by atoms with E-state index in [0.717, 1.165) is 25.7 Å². The quantitative estimate of drug-likeness (QED) is 0.103. The fraction of sp³-hybridized carbons (Fsp3) is 0.900. The van der Waals surface area contributed by atoms with Crippen LogP contribution in [0.1, 0.15) is 168 Å². The van der Waals surface area contributed by atoms with Crippen LogP contribution in [0.25, 0.3) is 0 Å². The number of unbranched alkanes of at least 4 members (excludes halogenated alkanes) is 16. The lowest BCUT2D eigenvalue weighted by atomic mass is 9.89. The molecule has 0 rings (SSSR count). The Labute approximate surface area is 197 Å². The molecule has 0 aromatic rings. The highest BCUT2D eigenvalue weighted by atomic mass is 16.1. The summed E-state index contributed by atoms with van der Waals surface area (Å²) in [5.74, 6) is 0.907. The summed E-state index contributed by atoms with van der Waals surface area (Å²) in [6.45, 7) is 6.69. The zero-order chi connectivity index (χ0) is 22.8. The van der Waals surface area contributed by atoms with E-state index in [1.165, 1.54) is 122 Å². The van der Waals surface area contributed by atoms with Crippen LogP contribution >= 0.6 is 0 Å². The van der Waals surface area contributed by atoms with Crippen LogP contribution in [0.2, 0.25) is 0 Å². The highest BCUT2D eigenvalue weighted by molar-refractivity contribution is 5.80. The Morgan fingerprint density at radius 3 is 1.32 bits per heavy atom. The van der Waals surface area contributed by atoms with Gasteiger partial charge in [0, 0.05) is 12.3 Å². The van der Waals surface area contributed by atoms with E-state index >= 15 is 0 Å². The third kappa shape index (κ3) is 22.4. The molecular formula is C30H58O. The largest absolute Gasteiger partial charge is 0.299 e. The second-order valence-electron chi connectivity index (χ2n) is 9.84. The monoisotopic (exact) mass is 434 g/mol. The Kier molecular flexibility index (Phi) is 25.2. The SMILES string of the molecule is CCCCCCCC/C=C\CCCCCCCCC(CCCCCCC)C(=O)CCC. The van der Waals surface area contributed by atoms with Crippen molar-refractivity contribution >= 4 is 5.78 Å². The highest BCUT2D eigenvalue weighted by Crippen LogP contribution is 2.22. The van der Waals surface area contributed by atoms with E-state index in [-0.39, 0.29) is 0 Å². The van der Waals surface area contributed by atoms with Crippen LogP contribution in [0.4, 0.5) is 0 Å². The molecule has 1 heteroatoms. The number of Topliss-reactive ketones (excluding diaryl/α,β-unsaturated/α-hetero) is 1. The van der Waals surface area contributed by atoms with Crippen LogP contribution in [0.3, 0.4) is 0 Å². The molecule has 1 nitrogen and oxygen atoms in total. The molecule has 31 heavy (non-hydrogen) atoms. The van der Waals surface area contributed by atoms with Gasteiger partial charge in [0.05, 0.1) is 0 Å². The van der Waals surface area contributed by atoms with Crippen molar-refractivity contribution in [2.75, 3.05) is 0 Å². The maximum absolute atomic E-state index is 12.4. The molecule has 1 unspecified atom stereocenters. The van der Waals surface area contributed by atoms with Crippen molar-refractivity contribution in [1.82, 2.24) is 0 Å². The molecule has 0 aliphatic heterocycles. The standard InChI is InChI=1S/C30H58O/c1-4-7-9-11-12-13-14-15-16-17-18-19-20-21-23-25-28-29(30(31)26-6-3)27-24-22-10-8-5-2/h15-16,29H,4-14,17-28H2,1-3H3/b16-15-. The minimum atomic E-state index is 0.360. The Hall–Kier alpha value is -0.590. The summed E-state index contributed by atoms with van der Waals surface area (Å²) in [6.07, 6.45) is 34.5. The van der Waals surface area contributed by atoms with Crippen LogP contribution < -0.4 is 0 Å². The minimum Gasteiger partial charge on any atom is -0.299 e. The third-order valence-electron chi connectivity index (χ3n) is 6.67. The minimum absolute atomic E-state index is 0.360. The smallest absolute Gasteiger partial charge is 0.135 e. The van der Waals surface area contributed by atoms with Crippen molar-refractivity contribution in [3.63, 3.8) is 0 Å². The number of hydrogen-bond acceptors (Lipinski definition) is 1. The molecule has 0 N–H and O–H groups in total. The summed E-state index contributed by atoms with van der Waals surface area (Å²) < 4.78 is 0. The highest BCUT2D eigenvalue weighted by Gasteiger charge is 2.16. The molecule has 0 aliphatic carbocycles. The molecular weight excluding hydrogens is 376 g/mol. The lowest BCUT2D eigenvalue weighted by Gasteiger charge is -2.15. The summed E-state index contributed by atoms with van der Waals surface area (Å²) in [6, 6.07) is 0. The average molecular weight is 435 g/mol. The predicted molar refractivity (Wildman–Crippen MR) is 141 cm³/mol. The molecule has 0 bridgehead atoms. The van der Waals surface area contributed by atoms with E-state index in [1.54, 1.807) is 0 Å². The van der Waals surface area contributed by atoms with Crippen LogP contribution in [-0.4, -0.2) is 5.78 Å². The zero-order valence-electron chi connectivity index (χ0n) is 21.9. The van der Waals surface area contributed by atoms with E-state index in [1.807, 2.05) is 0 Å². The second kappa shape index (κ2) is 25.7. The molecule has 184 valence electrons. The maximum Gasteiger partial charge on any atom is 0.135 e. The zero-order valence-corrected chi connectivity index (χ0v) is 21.9. The van der Waals surface area contributed by atoms with Gasteiger partial charge in [-0.15, -0.1) is 0 Å². The second-order valence-corrected chi connectivity index (χ2v) is 9.84. The van der Waals surface area contributed by atoms with Gasteiger partial charge in [0.2, 0.25) is 0 Å². The first-order chi connectivity index (χ1) is 15.3. The number of carbonyl (C=O) groups is 1. The summed E-state index contributed by atoms with van der Waals surface area (Å²) in [5.41, 5.74) is 0. The average Bonchev–Trinajstić information content (AvgIpc) is 2.77. The van der Waals surface area contributed by atoms with Crippen molar-refractivity contribution in [2.24, 2.45) is 5.92 Å². The van der Waals surface area contributed by atoms with Gasteiger partial charge in [-0.3, -0.25) is 4.79 Å². The van der Waals surface area contributed by atoms with Crippen LogP contribution in [0.15, 0.2) is 12.2 Å².